The van der Waals surface area contributed by atoms with Gasteiger partial charge in [0.2, 0.25) is 0 Å². The second-order valence-electron chi connectivity index (χ2n) is 4.04. The predicted octanol–water partition coefficient (Wildman–Crippen LogP) is 1.23. The average molecular weight is 220 g/mol. The first-order valence-corrected chi connectivity index (χ1v) is 5.40. The Kier molecular flexibility index (Phi) is 3.10. The zero-order valence-electron chi connectivity index (χ0n) is 9.27. The summed E-state index contributed by atoms with van der Waals surface area (Å²) in [7, 11) is 1.42. The third-order valence-electron chi connectivity index (χ3n) is 2.97. The van der Waals surface area contributed by atoms with Crippen molar-refractivity contribution in [3.63, 3.8) is 0 Å². The molecule has 0 aromatic heterocycles. The number of nitrogens with one attached hydrogen (secondary N) is 1. The van der Waals surface area contributed by atoms with Crippen molar-refractivity contribution >= 4 is 11.7 Å². The molecule has 1 aromatic carbocycles. The molecule has 16 heavy (non-hydrogen) atoms. The molecular weight excluding hydrogens is 204 g/mol. The Morgan fingerprint density at radius 3 is 2.69 bits per heavy atom. The van der Waals surface area contributed by atoms with E-state index < -0.39 is 0 Å². The fourth-order valence-corrected chi connectivity index (χ4v) is 2.06. The minimum atomic E-state index is -0.182. The number of nitrogen functional groups attached to an aromatic ring is 1. The fourth-order valence-electron chi connectivity index (χ4n) is 2.06. The Balaban J connectivity index is 2.03. The van der Waals surface area contributed by atoms with Gasteiger partial charge in [-0.3, -0.25) is 10.1 Å². The first-order valence-electron chi connectivity index (χ1n) is 5.40. The molecule has 4 heteroatoms. The largest absolute Gasteiger partial charge is 0.468 e. The highest BCUT2D eigenvalue weighted by Crippen LogP contribution is 2.27. The minimum absolute atomic E-state index is 0.174. The van der Waals surface area contributed by atoms with Gasteiger partial charge < -0.3 is 10.5 Å². The summed E-state index contributed by atoms with van der Waals surface area (Å²) in [5, 5.41) is 3.26. The van der Waals surface area contributed by atoms with Crippen molar-refractivity contribution in [2.75, 3.05) is 12.8 Å². The van der Waals surface area contributed by atoms with Gasteiger partial charge >= 0.3 is 5.97 Å². The number of carbonyl (C=O) groups is 1. The van der Waals surface area contributed by atoms with Crippen LogP contribution in [0.5, 0.6) is 0 Å². The summed E-state index contributed by atoms with van der Waals surface area (Å²) in [5.41, 5.74) is 7.55. The summed E-state index contributed by atoms with van der Waals surface area (Å²) in [5.74, 6) is -0.182. The first kappa shape index (κ1) is 11.0. The molecule has 2 rings (SSSR count). The average Bonchev–Trinajstić information content (AvgIpc) is 2.78. The number of methoxy groups -OCH3 is 1. The molecule has 0 radical (unpaired) electrons. The standard InChI is InChI=1S/C12H16N2O2/c1-16-12(15)11-7-6-10(14-11)8-2-4-9(13)5-3-8/h2-5,10-11,14H,6-7,13H2,1H3/t10?,11-/m0/s1. The summed E-state index contributed by atoms with van der Waals surface area (Å²) in [6.45, 7) is 0. The number of esters is 1. The maximum Gasteiger partial charge on any atom is 0.322 e. The monoisotopic (exact) mass is 220 g/mol. The van der Waals surface area contributed by atoms with E-state index in [2.05, 4.69) is 5.32 Å². The highest BCUT2D eigenvalue weighted by Gasteiger charge is 2.30. The minimum Gasteiger partial charge on any atom is -0.468 e. The quantitative estimate of drug-likeness (QED) is 0.581. The van der Waals surface area contributed by atoms with Gasteiger partial charge in [-0.15, -0.1) is 0 Å². The molecule has 1 aliphatic heterocycles. The van der Waals surface area contributed by atoms with E-state index in [1.165, 1.54) is 12.7 Å². The molecular formula is C12H16N2O2. The molecule has 1 unspecified atom stereocenters. The number of rotatable bonds is 2. The van der Waals surface area contributed by atoms with Crippen molar-refractivity contribution in [3.05, 3.63) is 29.8 Å². The van der Waals surface area contributed by atoms with Gasteiger partial charge in [0.25, 0.3) is 0 Å². The molecule has 86 valence electrons. The summed E-state index contributed by atoms with van der Waals surface area (Å²) in [6, 6.07) is 7.79. The third kappa shape index (κ3) is 2.17. The Hall–Kier alpha value is -1.55. The summed E-state index contributed by atoms with van der Waals surface area (Å²) in [6.07, 6.45) is 1.77. The van der Waals surface area contributed by atoms with Crippen LogP contribution in [-0.2, 0) is 9.53 Å². The first-order chi connectivity index (χ1) is 7.70. The Bertz CT molecular complexity index is 375. The van der Waals surface area contributed by atoms with Crippen LogP contribution in [0.15, 0.2) is 24.3 Å². The van der Waals surface area contributed by atoms with E-state index in [0.717, 1.165) is 18.5 Å². The highest BCUT2D eigenvalue weighted by atomic mass is 16.5. The van der Waals surface area contributed by atoms with Gasteiger partial charge in [0.15, 0.2) is 0 Å². The zero-order chi connectivity index (χ0) is 11.5. The van der Waals surface area contributed by atoms with Crippen LogP contribution in [-0.4, -0.2) is 19.1 Å². The van der Waals surface area contributed by atoms with E-state index in [1.54, 1.807) is 0 Å². The van der Waals surface area contributed by atoms with E-state index in [9.17, 15) is 4.79 Å². The lowest BCUT2D eigenvalue weighted by atomic mass is 10.1. The summed E-state index contributed by atoms with van der Waals surface area (Å²) < 4.78 is 4.72. The van der Waals surface area contributed by atoms with Crippen molar-refractivity contribution in [1.29, 1.82) is 0 Å². The van der Waals surface area contributed by atoms with Gasteiger partial charge in [-0.2, -0.15) is 0 Å². The van der Waals surface area contributed by atoms with Gasteiger partial charge in [-0.1, -0.05) is 12.1 Å². The normalized spacial score (nSPS) is 24.3. The van der Waals surface area contributed by atoms with Crippen LogP contribution in [0.2, 0.25) is 0 Å². The zero-order valence-corrected chi connectivity index (χ0v) is 9.27. The van der Waals surface area contributed by atoms with Crippen LogP contribution in [0.1, 0.15) is 24.4 Å². The fraction of sp³-hybridized carbons (Fsp3) is 0.417. The maximum absolute atomic E-state index is 11.3. The van der Waals surface area contributed by atoms with Crippen LogP contribution >= 0.6 is 0 Å². The number of nitrogens with two attached hydrogens (primary N) is 1. The second kappa shape index (κ2) is 4.53. The van der Waals surface area contributed by atoms with Gasteiger partial charge in [0.1, 0.15) is 6.04 Å². The molecule has 1 aliphatic rings. The molecule has 0 aliphatic carbocycles. The molecule has 2 atom stereocenters. The Morgan fingerprint density at radius 1 is 1.38 bits per heavy atom. The molecule has 1 aromatic rings. The lowest BCUT2D eigenvalue weighted by Crippen LogP contribution is -2.33. The molecule has 0 bridgehead atoms. The van der Waals surface area contributed by atoms with E-state index in [-0.39, 0.29) is 18.1 Å². The molecule has 3 N–H and O–H groups in total. The Labute approximate surface area is 94.8 Å². The smallest absolute Gasteiger partial charge is 0.322 e. The second-order valence-corrected chi connectivity index (χ2v) is 4.04. The van der Waals surface area contributed by atoms with Crippen molar-refractivity contribution in [2.24, 2.45) is 0 Å². The van der Waals surface area contributed by atoms with E-state index in [4.69, 9.17) is 10.5 Å². The number of carbonyl (C=O) groups excluding carboxylic acids is 1. The molecule has 1 heterocycles. The lowest BCUT2D eigenvalue weighted by molar-refractivity contribution is -0.142. The molecule has 1 saturated heterocycles. The van der Waals surface area contributed by atoms with Crippen molar-refractivity contribution in [3.8, 4) is 0 Å². The number of hydrogen-bond donors (Lipinski definition) is 2. The number of anilines is 1. The van der Waals surface area contributed by atoms with Gasteiger partial charge in [0, 0.05) is 11.7 Å². The molecule has 0 spiro atoms. The predicted molar refractivity (Wildman–Crippen MR) is 61.8 cm³/mol. The van der Waals surface area contributed by atoms with Crippen molar-refractivity contribution in [1.82, 2.24) is 5.32 Å². The summed E-state index contributed by atoms with van der Waals surface area (Å²) >= 11 is 0. The SMILES string of the molecule is COC(=O)[C@@H]1CCC(c2ccc(N)cc2)N1. The van der Waals surface area contributed by atoms with Gasteiger partial charge in [0.05, 0.1) is 7.11 Å². The topological polar surface area (TPSA) is 64.3 Å². The maximum atomic E-state index is 11.3. The van der Waals surface area contributed by atoms with E-state index in [0.29, 0.717) is 0 Å². The molecule has 0 amide bonds. The number of ether oxygens (including phenoxy) is 1. The van der Waals surface area contributed by atoms with Crippen LogP contribution < -0.4 is 11.1 Å². The highest BCUT2D eigenvalue weighted by molar-refractivity contribution is 5.76. The van der Waals surface area contributed by atoms with Gasteiger partial charge in [-0.05, 0) is 30.5 Å². The summed E-state index contributed by atoms with van der Waals surface area (Å²) in [4.78, 5) is 11.3. The van der Waals surface area contributed by atoms with Gasteiger partial charge in [-0.25, -0.2) is 0 Å². The van der Waals surface area contributed by atoms with E-state index in [1.807, 2.05) is 24.3 Å². The van der Waals surface area contributed by atoms with E-state index >= 15 is 0 Å². The van der Waals surface area contributed by atoms with Crippen molar-refractivity contribution < 1.29 is 9.53 Å². The molecule has 4 nitrogen and oxygen atoms in total. The van der Waals surface area contributed by atoms with Crippen molar-refractivity contribution in [2.45, 2.75) is 24.9 Å². The molecule has 0 saturated carbocycles. The number of hydrogen-bond acceptors (Lipinski definition) is 4. The Morgan fingerprint density at radius 2 is 2.06 bits per heavy atom. The molecule has 1 fully saturated rings. The third-order valence-corrected chi connectivity index (χ3v) is 2.97. The van der Waals surface area contributed by atoms with Crippen LogP contribution in [0.3, 0.4) is 0 Å². The number of benzene rings is 1. The van der Waals surface area contributed by atoms with Crippen LogP contribution in [0.4, 0.5) is 5.69 Å². The van der Waals surface area contributed by atoms with Crippen LogP contribution in [0, 0.1) is 0 Å². The van der Waals surface area contributed by atoms with Crippen LogP contribution in [0.25, 0.3) is 0 Å². The lowest BCUT2D eigenvalue weighted by Gasteiger charge is -2.13.